The van der Waals surface area contributed by atoms with Crippen LogP contribution in [0.4, 0.5) is 0 Å². The topological polar surface area (TPSA) is 157 Å². The van der Waals surface area contributed by atoms with E-state index >= 15 is 0 Å². The fourth-order valence-corrected chi connectivity index (χ4v) is 4.50. The minimum Gasteiger partial charge on any atom is -0.481 e. The fraction of sp³-hybridized carbons (Fsp3) is 0.810. The van der Waals surface area contributed by atoms with Crippen molar-refractivity contribution in [3.05, 3.63) is 0 Å². The number of guanidine groups is 1. The molecule has 6 N–H and O–H groups in total. The zero-order valence-electron chi connectivity index (χ0n) is 18.6. The van der Waals surface area contributed by atoms with E-state index in [2.05, 4.69) is 10.3 Å². The number of carbonyl (C=O) groups excluding carboxylic acids is 2. The molecule has 0 saturated heterocycles. The van der Waals surface area contributed by atoms with Gasteiger partial charge in [-0.2, -0.15) is 0 Å². The number of aliphatic carboxylic acids is 1. The van der Waals surface area contributed by atoms with Crippen LogP contribution in [0, 0.1) is 17.8 Å². The average Bonchev–Trinajstić information content (AvgIpc) is 2.98. The number of ether oxygens (including phenoxy) is 1. The molecular formula is C21H38N4O5. The number of aliphatic imine (C=N–C) groups is 1. The molecule has 0 aromatic heterocycles. The summed E-state index contributed by atoms with van der Waals surface area (Å²) in [5, 5.41) is 12.8. The van der Waals surface area contributed by atoms with Crippen LogP contribution < -0.4 is 16.8 Å². The largest absolute Gasteiger partial charge is 0.481 e. The third-order valence-electron chi connectivity index (χ3n) is 5.94. The first kappa shape index (κ1) is 25.7. The molecule has 1 fully saturated rings. The van der Waals surface area contributed by atoms with E-state index in [-0.39, 0.29) is 30.6 Å². The quantitative estimate of drug-likeness (QED) is 0.160. The van der Waals surface area contributed by atoms with Crippen LogP contribution in [0.3, 0.4) is 0 Å². The summed E-state index contributed by atoms with van der Waals surface area (Å²) in [6.07, 6.45) is 3.52. The Morgan fingerprint density at radius 1 is 1.17 bits per heavy atom. The van der Waals surface area contributed by atoms with Crippen molar-refractivity contribution in [2.24, 2.45) is 34.2 Å². The normalized spacial score (nSPS) is 24.3. The van der Waals surface area contributed by atoms with E-state index < -0.39 is 42.0 Å². The van der Waals surface area contributed by atoms with Gasteiger partial charge < -0.3 is 26.6 Å². The molecule has 172 valence electrons. The fourth-order valence-electron chi connectivity index (χ4n) is 4.50. The van der Waals surface area contributed by atoms with Gasteiger partial charge in [0.2, 0.25) is 5.91 Å². The number of unbranched alkanes of at least 4 members (excludes halogenated alkanes) is 2. The van der Waals surface area contributed by atoms with Crippen molar-refractivity contribution >= 4 is 23.8 Å². The number of carboxylic acids is 1. The van der Waals surface area contributed by atoms with E-state index in [1.165, 1.54) is 6.92 Å². The first-order valence-corrected chi connectivity index (χ1v) is 10.9. The van der Waals surface area contributed by atoms with E-state index in [0.717, 1.165) is 25.7 Å². The maximum Gasteiger partial charge on any atom is 0.310 e. The highest BCUT2D eigenvalue weighted by Gasteiger charge is 2.53. The third-order valence-corrected chi connectivity index (χ3v) is 5.94. The van der Waals surface area contributed by atoms with Crippen LogP contribution in [-0.4, -0.2) is 47.1 Å². The van der Waals surface area contributed by atoms with Crippen LogP contribution in [0.2, 0.25) is 0 Å². The van der Waals surface area contributed by atoms with Crippen molar-refractivity contribution in [3.63, 3.8) is 0 Å². The predicted octanol–water partition coefficient (Wildman–Crippen LogP) is 1.78. The van der Waals surface area contributed by atoms with Crippen LogP contribution in [-0.2, 0) is 19.1 Å². The summed E-state index contributed by atoms with van der Waals surface area (Å²) in [5.41, 5.74) is 11.2. The van der Waals surface area contributed by atoms with E-state index in [1.807, 2.05) is 20.8 Å². The van der Waals surface area contributed by atoms with E-state index in [4.69, 9.17) is 16.2 Å². The molecule has 1 unspecified atom stereocenters. The Hall–Kier alpha value is -2.32. The molecule has 0 heterocycles. The smallest absolute Gasteiger partial charge is 0.310 e. The van der Waals surface area contributed by atoms with Gasteiger partial charge in [0.1, 0.15) is 6.10 Å². The Bertz CT molecular complexity index is 617. The Morgan fingerprint density at radius 2 is 1.80 bits per heavy atom. The molecule has 1 aliphatic rings. The second-order valence-electron chi connectivity index (χ2n) is 8.09. The molecule has 1 saturated carbocycles. The zero-order chi connectivity index (χ0) is 22.8. The second kappa shape index (κ2) is 12.4. The number of amides is 1. The molecule has 0 bridgehead atoms. The standard InChI is InChI=1S/C21H38N4O5/c1-5-8-9-10-16(27)30-19-14(20(28)29)11-15(25-21(22)23)17(19)18(24-12(4)26)13(6-2)7-3/h13-15,17-19H,5-11H2,1-4H3,(H,24,26)(H,28,29)(H4,22,23,25)/t14-,15+,17+,18?,19+/m0/s1. The summed E-state index contributed by atoms with van der Waals surface area (Å²) in [7, 11) is 0. The average molecular weight is 427 g/mol. The lowest BCUT2D eigenvalue weighted by molar-refractivity contribution is -0.160. The zero-order valence-corrected chi connectivity index (χ0v) is 18.6. The Balaban J connectivity index is 3.34. The lowest BCUT2D eigenvalue weighted by Gasteiger charge is -2.36. The minimum atomic E-state index is -1.06. The third kappa shape index (κ3) is 7.18. The molecule has 9 nitrogen and oxygen atoms in total. The van der Waals surface area contributed by atoms with Gasteiger partial charge in [-0.3, -0.25) is 14.4 Å². The molecule has 1 rings (SSSR count). The molecule has 9 heteroatoms. The van der Waals surface area contributed by atoms with Gasteiger partial charge in [0.05, 0.1) is 12.0 Å². The number of carboxylic acid groups (broad SMARTS) is 1. The monoisotopic (exact) mass is 426 g/mol. The van der Waals surface area contributed by atoms with Gasteiger partial charge in [-0.05, 0) is 18.8 Å². The van der Waals surface area contributed by atoms with Crippen molar-refractivity contribution in [2.45, 2.75) is 90.8 Å². The minimum absolute atomic E-state index is 0.0597. The number of nitrogens with zero attached hydrogens (tertiary/aromatic N) is 1. The first-order chi connectivity index (χ1) is 14.2. The number of nitrogens with one attached hydrogen (secondary N) is 1. The van der Waals surface area contributed by atoms with Crippen LogP contribution >= 0.6 is 0 Å². The molecule has 30 heavy (non-hydrogen) atoms. The van der Waals surface area contributed by atoms with Gasteiger partial charge in [-0.25, -0.2) is 4.99 Å². The molecule has 0 aromatic carbocycles. The summed E-state index contributed by atoms with van der Waals surface area (Å²) >= 11 is 0. The Morgan fingerprint density at radius 3 is 2.27 bits per heavy atom. The molecule has 0 spiro atoms. The van der Waals surface area contributed by atoms with Gasteiger partial charge in [-0.1, -0.05) is 46.5 Å². The molecule has 5 atom stereocenters. The van der Waals surface area contributed by atoms with Crippen molar-refractivity contribution in [1.29, 1.82) is 0 Å². The summed E-state index contributed by atoms with van der Waals surface area (Å²) in [6.45, 7) is 7.47. The maximum atomic E-state index is 12.5. The molecule has 0 radical (unpaired) electrons. The lowest BCUT2D eigenvalue weighted by Crippen LogP contribution is -2.51. The number of nitrogens with two attached hydrogens (primary N) is 2. The van der Waals surface area contributed by atoms with Gasteiger partial charge in [0.25, 0.3) is 0 Å². The molecule has 0 aliphatic heterocycles. The summed E-state index contributed by atoms with van der Waals surface area (Å²) < 4.78 is 5.74. The summed E-state index contributed by atoms with van der Waals surface area (Å²) in [5.74, 6) is -3.30. The number of carbonyl (C=O) groups is 3. The highest BCUT2D eigenvalue weighted by Crippen LogP contribution is 2.41. The molecule has 0 aromatic rings. The summed E-state index contributed by atoms with van der Waals surface area (Å²) in [4.78, 5) is 40.7. The van der Waals surface area contributed by atoms with Crippen LogP contribution in [0.25, 0.3) is 0 Å². The van der Waals surface area contributed by atoms with E-state index in [1.54, 1.807) is 0 Å². The van der Waals surface area contributed by atoms with Gasteiger partial charge >= 0.3 is 11.9 Å². The molecule has 1 aliphatic carbocycles. The molecule has 1 amide bonds. The highest BCUT2D eigenvalue weighted by molar-refractivity contribution is 5.77. The number of esters is 1. The van der Waals surface area contributed by atoms with Crippen molar-refractivity contribution in [2.75, 3.05) is 0 Å². The predicted molar refractivity (Wildman–Crippen MR) is 115 cm³/mol. The van der Waals surface area contributed by atoms with Crippen LogP contribution in [0.1, 0.15) is 72.6 Å². The maximum absolute atomic E-state index is 12.5. The second-order valence-corrected chi connectivity index (χ2v) is 8.09. The molecular weight excluding hydrogens is 388 g/mol. The van der Waals surface area contributed by atoms with Crippen LogP contribution in [0.5, 0.6) is 0 Å². The number of rotatable bonds is 12. The van der Waals surface area contributed by atoms with E-state index in [0.29, 0.717) is 6.42 Å². The van der Waals surface area contributed by atoms with E-state index in [9.17, 15) is 19.5 Å². The van der Waals surface area contributed by atoms with Gasteiger partial charge in [0.15, 0.2) is 5.96 Å². The highest BCUT2D eigenvalue weighted by atomic mass is 16.5. The first-order valence-electron chi connectivity index (χ1n) is 10.9. The Kier molecular flexibility index (Phi) is 10.6. The number of hydrogen-bond donors (Lipinski definition) is 4. The lowest BCUT2D eigenvalue weighted by atomic mass is 9.80. The van der Waals surface area contributed by atoms with Crippen molar-refractivity contribution < 1.29 is 24.2 Å². The Labute approximate surface area is 179 Å². The SMILES string of the molecule is CCCCCC(=O)O[C@H]1[C@@H](C(NC(C)=O)C(CC)CC)[C@H](N=C(N)N)C[C@@H]1C(=O)O. The summed E-state index contributed by atoms with van der Waals surface area (Å²) in [6, 6.07) is -0.981. The van der Waals surface area contributed by atoms with Gasteiger partial charge in [0, 0.05) is 25.3 Å². The van der Waals surface area contributed by atoms with Gasteiger partial charge in [-0.15, -0.1) is 0 Å². The van der Waals surface area contributed by atoms with Crippen LogP contribution in [0.15, 0.2) is 4.99 Å². The van der Waals surface area contributed by atoms with Crippen molar-refractivity contribution in [3.8, 4) is 0 Å². The number of hydrogen-bond acceptors (Lipinski definition) is 5. The van der Waals surface area contributed by atoms with Crippen molar-refractivity contribution in [1.82, 2.24) is 5.32 Å².